The SMILES string of the molecule is COC(=O)c1ccc(N2CC(=O)CC2=O)cc1Br. The molecule has 1 aliphatic heterocycles. The van der Waals surface area contributed by atoms with Gasteiger partial charge in [0.25, 0.3) is 0 Å². The predicted molar refractivity (Wildman–Crippen MR) is 67.5 cm³/mol. The van der Waals surface area contributed by atoms with Gasteiger partial charge in [-0.3, -0.25) is 9.59 Å². The molecule has 1 amide bonds. The second-order valence-corrected chi connectivity index (χ2v) is 4.71. The Morgan fingerprint density at radius 1 is 1.39 bits per heavy atom. The summed E-state index contributed by atoms with van der Waals surface area (Å²) in [5.74, 6) is -0.789. The molecule has 0 N–H and O–H groups in total. The van der Waals surface area contributed by atoms with Crippen LogP contribution in [0.25, 0.3) is 0 Å². The average Bonchev–Trinajstić information content (AvgIpc) is 2.67. The van der Waals surface area contributed by atoms with Gasteiger partial charge in [0.1, 0.15) is 0 Å². The minimum absolute atomic E-state index is 0.0592. The van der Waals surface area contributed by atoms with Gasteiger partial charge in [0.2, 0.25) is 5.91 Å². The van der Waals surface area contributed by atoms with E-state index in [-0.39, 0.29) is 24.7 Å². The van der Waals surface area contributed by atoms with Crippen LogP contribution in [0, 0.1) is 0 Å². The molecule has 18 heavy (non-hydrogen) atoms. The Morgan fingerprint density at radius 3 is 2.61 bits per heavy atom. The van der Waals surface area contributed by atoms with E-state index in [1.54, 1.807) is 18.2 Å². The summed E-state index contributed by atoms with van der Waals surface area (Å²) in [5.41, 5.74) is 0.963. The lowest BCUT2D eigenvalue weighted by molar-refractivity contribution is -0.121. The molecule has 0 radical (unpaired) electrons. The van der Waals surface area contributed by atoms with Crippen molar-refractivity contribution in [2.24, 2.45) is 0 Å². The van der Waals surface area contributed by atoms with Crippen molar-refractivity contribution in [1.29, 1.82) is 0 Å². The molecular formula is C12H10BrNO4. The molecule has 0 aliphatic carbocycles. The molecule has 0 bridgehead atoms. The lowest BCUT2D eigenvalue weighted by Crippen LogP contribution is -2.24. The maximum absolute atomic E-state index is 11.6. The van der Waals surface area contributed by atoms with Crippen molar-refractivity contribution >= 4 is 39.3 Å². The van der Waals surface area contributed by atoms with Crippen LogP contribution in [0.2, 0.25) is 0 Å². The molecule has 1 aromatic rings. The fraction of sp³-hybridized carbons (Fsp3) is 0.250. The Labute approximate surface area is 112 Å². The number of carbonyl (C=O) groups excluding carboxylic acids is 3. The number of carbonyl (C=O) groups is 3. The van der Waals surface area contributed by atoms with E-state index in [1.807, 2.05) is 0 Å². The van der Waals surface area contributed by atoms with Crippen LogP contribution >= 0.6 is 15.9 Å². The van der Waals surface area contributed by atoms with Gasteiger partial charge in [-0.2, -0.15) is 0 Å². The minimum Gasteiger partial charge on any atom is -0.465 e. The summed E-state index contributed by atoms with van der Waals surface area (Å²) in [4.78, 5) is 35.6. The number of nitrogens with zero attached hydrogens (tertiary/aromatic N) is 1. The van der Waals surface area contributed by atoms with Crippen LogP contribution in [0.15, 0.2) is 22.7 Å². The number of Topliss-reactive ketones (excluding diaryl/α,β-unsaturated/α-hetero) is 1. The van der Waals surface area contributed by atoms with Gasteiger partial charge < -0.3 is 9.64 Å². The van der Waals surface area contributed by atoms with Crippen LogP contribution < -0.4 is 4.90 Å². The van der Waals surface area contributed by atoms with Crippen molar-refractivity contribution in [2.75, 3.05) is 18.6 Å². The van der Waals surface area contributed by atoms with Gasteiger partial charge in [-0.25, -0.2) is 4.79 Å². The third kappa shape index (κ3) is 2.28. The number of amides is 1. The smallest absolute Gasteiger partial charge is 0.339 e. The first kappa shape index (κ1) is 12.8. The molecule has 0 unspecified atom stereocenters. The second kappa shape index (κ2) is 4.89. The number of halogens is 1. The van der Waals surface area contributed by atoms with Crippen molar-refractivity contribution in [3.8, 4) is 0 Å². The van der Waals surface area contributed by atoms with E-state index in [1.165, 1.54) is 12.0 Å². The molecule has 0 spiro atoms. The van der Waals surface area contributed by atoms with E-state index in [2.05, 4.69) is 20.7 Å². The molecular weight excluding hydrogens is 302 g/mol. The minimum atomic E-state index is -0.461. The van der Waals surface area contributed by atoms with Crippen molar-refractivity contribution in [3.05, 3.63) is 28.2 Å². The number of benzene rings is 1. The van der Waals surface area contributed by atoms with Crippen LogP contribution in [-0.2, 0) is 14.3 Å². The molecule has 0 aromatic heterocycles. The molecule has 94 valence electrons. The van der Waals surface area contributed by atoms with E-state index >= 15 is 0 Å². The average molecular weight is 312 g/mol. The van der Waals surface area contributed by atoms with Crippen LogP contribution in [0.5, 0.6) is 0 Å². The Hall–Kier alpha value is -1.69. The third-order valence-electron chi connectivity index (χ3n) is 2.65. The molecule has 1 aromatic carbocycles. The number of hydrogen-bond donors (Lipinski definition) is 0. The Bertz CT molecular complexity index is 541. The van der Waals surface area contributed by atoms with Crippen LogP contribution in [-0.4, -0.2) is 31.3 Å². The van der Waals surface area contributed by atoms with Crippen molar-refractivity contribution in [3.63, 3.8) is 0 Å². The zero-order chi connectivity index (χ0) is 13.3. The zero-order valence-electron chi connectivity index (χ0n) is 9.60. The van der Waals surface area contributed by atoms with Crippen LogP contribution in [0.1, 0.15) is 16.8 Å². The van der Waals surface area contributed by atoms with Gasteiger partial charge in [0.15, 0.2) is 5.78 Å². The number of anilines is 1. The first-order valence-corrected chi connectivity index (χ1v) is 6.02. The fourth-order valence-corrected chi connectivity index (χ4v) is 2.30. The lowest BCUT2D eigenvalue weighted by atomic mass is 10.2. The highest BCUT2D eigenvalue weighted by atomic mass is 79.9. The fourth-order valence-electron chi connectivity index (χ4n) is 1.77. The van der Waals surface area contributed by atoms with Gasteiger partial charge in [0.05, 0.1) is 25.6 Å². The van der Waals surface area contributed by atoms with E-state index in [9.17, 15) is 14.4 Å². The van der Waals surface area contributed by atoms with Crippen molar-refractivity contribution in [2.45, 2.75) is 6.42 Å². The predicted octanol–water partition coefficient (Wildman–Crippen LogP) is 1.54. The highest BCUT2D eigenvalue weighted by molar-refractivity contribution is 9.10. The molecule has 0 atom stereocenters. The Kier molecular flexibility index (Phi) is 3.47. The summed E-state index contributed by atoms with van der Waals surface area (Å²) >= 11 is 3.25. The quantitative estimate of drug-likeness (QED) is 0.614. The van der Waals surface area contributed by atoms with E-state index in [0.29, 0.717) is 15.7 Å². The first-order chi connectivity index (χ1) is 8.52. The van der Waals surface area contributed by atoms with E-state index < -0.39 is 5.97 Å². The van der Waals surface area contributed by atoms with Gasteiger partial charge in [-0.15, -0.1) is 0 Å². The number of methoxy groups -OCH3 is 1. The highest BCUT2D eigenvalue weighted by Gasteiger charge is 2.29. The molecule has 2 rings (SSSR count). The topological polar surface area (TPSA) is 63.7 Å². The zero-order valence-corrected chi connectivity index (χ0v) is 11.2. The monoisotopic (exact) mass is 311 g/mol. The van der Waals surface area contributed by atoms with Gasteiger partial charge >= 0.3 is 5.97 Å². The summed E-state index contributed by atoms with van der Waals surface area (Å²) in [7, 11) is 1.30. The number of hydrogen-bond acceptors (Lipinski definition) is 4. The lowest BCUT2D eigenvalue weighted by Gasteiger charge is -2.15. The highest BCUT2D eigenvalue weighted by Crippen LogP contribution is 2.26. The Morgan fingerprint density at radius 2 is 2.11 bits per heavy atom. The first-order valence-electron chi connectivity index (χ1n) is 5.23. The molecule has 6 heteroatoms. The van der Waals surface area contributed by atoms with Gasteiger partial charge in [0, 0.05) is 10.2 Å². The molecule has 1 heterocycles. The molecule has 1 aliphatic rings. The van der Waals surface area contributed by atoms with Crippen molar-refractivity contribution < 1.29 is 19.1 Å². The largest absolute Gasteiger partial charge is 0.465 e. The summed E-state index contributed by atoms with van der Waals surface area (Å²) in [6, 6.07) is 4.80. The van der Waals surface area contributed by atoms with Crippen LogP contribution in [0.4, 0.5) is 5.69 Å². The summed E-state index contributed by atoms with van der Waals surface area (Å²) in [6.07, 6.45) is -0.0592. The van der Waals surface area contributed by atoms with Gasteiger partial charge in [-0.05, 0) is 34.1 Å². The van der Waals surface area contributed by atoms with Crippen LogP contribution in [0.3, 0.4) is 0 Å². The van der Waals surface area contributed by atoms with Crippen molar-refractivity contribution in [1.82, 2.24) is 0 Å². The summed E-state index contributed by atoms with van der Waals surface area (Å²) in [6.45, 7) is 0.0862. The van der Waals surface area contributed by atoms with E-state index in [0.717, 1.165) is 0 Å². The Balaban J connectivity index is 2.32. The molecule has 5 nitrogen and oxygen atoms in total. The maximum atomic E-state index is 11.6. The number of rotatable bonds is 2. The second-order valence-electron chi connectivity index (χ2n) is 3.85. The standard InChI is InChI=1S/C12H10BrNO4/c1-18-12(17)9-3-2-7(4-10(9)13)14-6-8(15)5-11(14)16/h2-4H,5-6H2,1H3. The molecule has 1 saturated heterocycles. The normalized spacial score (nSPS) is 15.1. The molecule has 1 fully saturated rings. The number of ketones is 1. The van der Waals surface area contributed by atoms with Gasteiger partial charge in [-0.1, -0.05) is 0 Å². The maximum Gasteiger partial charge on any atom is 0.339 e. The molecule has 0 saturated carbocycles. The summed E-state index contributed by atoms with van der Waals surface area (Å²) in [5, 5.41) is 0. The van der Waals surface area contributed by atoms with E-state index in [4.69, 9.17) is 0 Å². The number of esters is 1. The summed E-state index contributed by atoms with van der Waals surface area (Å²) < 4.78 is 5.14. The number of ether oxygens (including phenoxy) is 1. The third-order valence-corrected chi connectivity index (χ3v) is 3.31.